The van der Waals surface area contributed by atoms with E-state index in [0.717, 1.165) is 25.3 Å². The van der Waals surface area contributed by atoms with Gasteiger partial charge in [-0.05, 0) is 61.6 Å². The van der Waals surface area contributed by atoms with Gasteiger partial charge in [-0.2, -0.15) is 5.10 Å². The molecule has 0 atom stereocenters. The van der Waals surface area contributed by atoms with Crippen LogP contribution >= 0.6 is 0 Å². The number of carbonyl (C=O) groups is 2. The smallest absolute Gasteiger partial charge is 0.273 e. The molecule has 0 saturated heterocycles. The van der Waals surface area contributed by atoms with Gasteiger partial charge in [0.15, 0.2) is 23.0 Å². The maximum absolute atomic E-state index is 12.8. The molecule has 36 heavy (non-hydrogen) atoms. The maximum Gasteiger partial charge on any atom is 0.273 e. The van der Waals surface area contributed by atoms with Crippen molar-refractivity contribution >= 4 is 23.2 Å². The quantitative estimate of drug-likeness (QED) is 0.415. The monoisotopic (exact) mass is 491 g/mol. The van der Waals surface area contributed by atoms with Crippen LogP contribution in [0.2, 0.25) is 0 Å². The van der Waals surface area contributed by atoms with Crippen molar-refractivity contribution in [2.45, 2.75) is 44.7 Å². The standard InChI is InChI=1S/C25H28N8O3/c1-26-24(35)20-18(8-19(30-31-20)23(34)28-15-6-7-15)29-17-5-3-4-16(21(17)36-2)22-27-13-33(32-22)12-25-9-14(10-25)11-25/h3-5,8,13-15H,6-7,9-12H2,1-2H3,(H,26,35)(H,28,34)(H,29,30)/i1D3. The molecule has 2 amide bonds. The first-order valence-electron chi connectivity index (χ1n) is 13.5. The summed E-state index contributed by atoms with van der Waals surface area (Å²) >= 11 is 0. The lowest BCUT2D eigenvalue weighted by Gasteiger charge is -2.61. The lowest BCUT2D eigenvalue weighted by atomic mass is 9.44. The average Bonchev–Trinajstić information content (AvgIpc) is 3.52. The van der Waals surface area contributed by atoms with Crippen LogP contribution in [0.15, 0.2) is 30.6 Å². The van der Waals surface area contributed by atoms with Crippen LogP contribution < -0.4 is 20.7 Å². The number of hydrogen-bond donors (Lipinski definition) is 3. The van der Waals surface area contributed by atoms with Crippen LogP contribution in [0.5, 0.6) is 5.75 Å². The number of rotatable bonds is 9. The number of hydrogen-bond acceptors (Lipinski definition) is 8. The highest BCUT2D eigenvalue weighted by molar-refractivity contribution is 6.00. The van der Waals surface area contributed by atoms with Crippen LogP contribution in [0.1, 0.15) is 57.2 Å². The third kappa shape index (κ3) is 4.04. The van der Waals surface area contributed by atoms with E-state index in [1.807, 2.05) is 16.1 Å². The van der Waals surface area contributed by atoms with E-state index in [1.165, 1.54) is 32.4 Å². The Morgan fingerprint density at radius 1 is 1.19 bits per heavy atom. The van der Waals surface area contributed by atoms with Crippen LogP contribution in [0.3, 0.4) is 0 Å². The zero-order valence-corrected chi connectivity index (χ0v) is 19.7. The van der Waals surface area contributed by atoms with Gasteiger partial charge in [-0.15, -0.1) is 10.2 Å². The molecule has 186 valence electrons. The number of ether oxygens (including phenoxy) is 1. The molecule has 0 radical (unpaired) electrons. The summed E-state index contributed by atoms with van der Waals surface area (Å²) in [6.07, 6.45) is 7.26. The largest absolute Gasteiger partial charge is 0.494 e. The van der Waals surface area contributed by atoms with E-state index in [2.05, 4.69) is 30.9 Å². The second-order valence-corrected chi connectivity index (χ2v) is 9.95. The summed E-state index contributed by atoms with van der Waals surface area (Å²) in [6, 6.07) is 6.78. The molecule has 4 aliphatic rings. The van der Waals surface area contributed by atoms with Gasteiger partial charge in [0.2, 0.25) is 0 Å². The fraction of sp³-hybridized carbons (Fsp3) is 0.440. The number of benzene rings is 1. The van der Waals surface area contributed by atoms with Gasteiger partial charge >= 0.3 is 0 Å². The van der Waals surface area contributed by atoms with Gasteiger partial charge in [0.1, 0.15) is 6.33 Å². The van der Waals surface area contributed by atoms with E-state index < -0.39 is 18.8 Å². The second kappa shape index (κ2) is 8.58. The van der Waals surface area contributed by atoms with Crippen molar-refractivity contribution in [1.82, 2.24) is 35.6 Å². The molecule has 2 bridgehead atoms. The van der Waals surface area contributed by atoms with Crippen molar-refractivity contribution in [2.24, 2.45) is 11.3 Å². The molecule has 0 unspecified atom stereocenters. The molecule has 3 aromatic rings. The molecule has 4 fully saturated rings. The minimum absolute atomic E-state index is 0.0148. The Bertz CT molecular complexity index is 1440. The van der Waals surface area contributed by atoms with Crippen molar-refractivity contribution in [3.63, 3.8) is 0 Å². The molecule has 4 aliphatic carbocycles. The van der Waals surface area contributed by atoms with Gasteiger partial charge in [-0.1, -0.05) is 6.07 Å². The number of anilines is 2. The third-order valence-corrected chi connectivity index (χ3v) is 7.20. The molecular formula is C25H28N8O3. The average molecular weight is 492 g/mol. The van der Waals surface area contributed by atoms with E-state index >= 15 is 0 Å². The Hall–Kier alpha value is -4.02. The van der Waals surface area contributed by atoms with Gasteiger partial charge < -0.3 is 20.7 Å². The first-order valence-corrected chi connectivity index (χ1v) is 12.0. The predicted octanol–water partition coefficient (Wildman–Crippen LogP) is 2.54. The molecule has 2 heterocycles. The summed E-state index contributed by atoms with van der Waals surface area (Å²) in [5.41, 5.74) is 1.22. The van der Waals surface area contributed by atoms with Gasteiger partial charge in [0, 0.05) is 23.7 Å². The summed E-state index contributed by atoms with van der Waals surface area (Å²) in [4.78, 5) is 29.9. The van der Waals surface area contributed by atoms with Gasteiger partial charge in [-0.3, -0.25) is 14.3 Å². The zero-order valence-electron chi connectivity index (χ0n) is 22.7. The maximum atomic E-state index is 12.8. The Morgan fingerprint density at radius 2 is 2.03 bits per heavy atom. The number of methoxy groups -OCH3 is 1. The highest BCUT2D eigenvalue weighted by Gasteiger charge is 2.56. The minimum atomic E-state index is -2.74. The Labute approximate surface area is 212 Å². The van der Waals surface area contributed by atoms with E-state index in [0.29, 0.717) is 28.2 Å². The van der Waals surface area contributed by atoms with Crippen molar-refractivity contribution in [3.8, 4) is 17.1 Å². The first kappa shape index (κ1) is 19.2. The number of carbonyl (C=O) groups excluding carboxylic acids is 2. The molecule has 11 heteroatoms. The Balaban J connectivity index is 1.31. The molecule has 1 aromatic carbocycles. The number of para-hydroxylation sites is 1. The van der Waals surface area contributed by atoms with E-state index in [1.54, 1.807) is 18.5 Å². The van der Waals surface area contributed by atoms with E-state index in [-0.39, 0.29) is 23.1 Å². The lowest BCUT2D eigenvalue weighted by Crippen LogP contribution is -2.54. The van der Waals surface area contributed by atoms with E-state index in [9.17, 15) is 9.59 Å². The minimum Gasteiger partial charge on any atom is -0.494 e. The summed E-state index contributed by atoms with van der Waals surface area (Å²) in [5, 5.41) is 20.3. The normalized spacial score (nSPS) is 23.2. The number of nitrogens with one attached hydrogen (secondary N) is 3. The molecular weight excluding hydrogens is 460 g/mol. The molecule has 3 N–H and O–H groups in total. The fourth-order valence-corrected chi connectivity index (χ4v) is 5.18. The van der Waals surface area contributed by atoms with Crippen LogP contribution in [0.25, 0.3) is 11.4 Å². The van der Waals surface area contributed by atoms with Crippen molar-refractivity contribution in [3.05, 3.63) is 42.0 Å². The fourth-order valence-electron chi connectivity index (χ4n) is 5.18. The molecule has 0 spiro atoms. The number of amides is 2. The Kier molecular flexibility index (Phi) is 4.57. The summed E-state index contributed by atoms with van der Waals surface area (Å²) in [5.74, 6) is 0.368. The van der Waals surface area contributed by atoms with Crippen molar-refractivity contribution < 1.29 is 18.4 Å². The predicted molar refractivity (Wildman–Crippen MR) is 131 cm³/mol. The Morgan fingerprint density at radius 3 is 2.72 bits per heavy atom. The molecule has 0 aliphatic heterocycles. The number of nitrogens with zero attached hydrogens (tertiary/aromatic N) is 5. The SMILES string of the molecule is [2H]C([2H])([2H])NC(=O)c1nnc(C(=O)NC2CC2)cc1Nc1cccc(-c2ncn(CC34CC(C3)C4)n2)c1OC. The summed E-state index contributed by atoms with van der Waals surface area (Å²) in [7, 11) is 1.50. The van der Waals surface area contributed by atoms with Crippen LogP contribution in [-0.4, -0.2) is 56.9 Å². The highest BCUT2D eigenvalue weighted by Crippen LogP contribution is 2.65. The van der Waals surface area contributed by atoms with Crippen LogP contribution in [-0.2, 0) is 6.54 Å². The zero-order chi connectivity index (χ0) is 27.4. The van der Waals surface area contributed by atoms with Crippen LogP contribution in [0, 0.1) is 11.3 Å². The third-order valence-electron chi connectivity index (χ3n) is 7.20. The molecule has 2 aromatic heterocycles. The molecule has 4 saturated carbocycles. The summed E-state index contributed by atoms with van der Waals surface area (Å²) in [6.45, 7) is -1.90. The van der Waals surface area contributed by atoms with E-state index in [4.69, 9.17) is 8.85 Å². The topological polar surface area (TPSA) is 136 Å². The second-order valence-electron chi connectivity index (χ2n) is 9.95. The van der Waals surface area contributed by atoms with Crippen molar-refractivity contribution in [1.29, 1.82) is 0 Å². The van der Waals surface area contributed by atoms with Gasteiger partial charge in [0.25, 0.3) is 11.8 Å². The number of aromatic nitrogens is 5. The molecule has 11 nitrogen and oxygen atoms in total. The first-order chi connectivity index (χ1) is 18.6. The lowest BCUT2D eigenvalue weighted by molar-refractivity contribution is -0.120. The van der Waals surface area contributed by atoms with Crippen molar-refractivity contribution in [2.75, 3.05) is 19.4 Å². The summed E-state index contributed by atoms with van der Waals surface area (Å²) < 4.78 is 29.8. The molecule has 7 rings (SSSR count). The van der Waals surface area contributed by atoms with Gasteiger partial charge in [-0.25, -0.2) is 4.98 Å². The highest BCUT2D eigenvalue weighted by atomic mass is 16.5. The van der Waals surface area contributed by atoms with Gasteiger partial charge in [0.05, 0.1) is 24.0 Å². The van der Waals surface area contributed by atoms with Crippen LogP contribution in [0.4, 0.5) is 11.4 Å².